The Hall–Kier alpha value is -1.65. The van der Waals surface area contributed by atoms with Gasteiger partial charge in [0.2, 0.25) is 0 Å². The SMILES string of the molecule is COc1cc(Br)c(C=Cc2cc(Cl)ccc2O)cc1OC. The van der Waals surface area contributed by atoms with Crippen LogP contribution in [-0.2, 0) is 0 Å². The molecule has 0 fully saturated rings. The zero-order chi connectivity index (χ0) is 15.4. The maximum Gasteiger partial charge on any atom is 0.161 e. The van der Waals surface area contributed by atoms with Crippen LogP contribution in [0.4, 0.5) is 0 Å². The van der Waals surface area contributed by atoms with Crippen molar-refractivity contribution in [2.24, 2.45) is 0 Å². The molecule has 0 unspecified atom stereocenters. The molecule has 0 aliphatic heterocycles. The molecule has 0 heterocycles. The lowest BCUT2D eigenvalue weighted by Gasteiger charge is -2.10. The molecule has 2 aromatic rings. The zero-order valence-electron chi connectivity index (χ0n) is 11.6. The summed E-state index contributed by atoms with van der Waals surface area (Å²) in [5, 5.41) is 10.4. The second-order valence-electron chi connectivity index (χ2n) is 4.27. The van der Waals surface area contributed by atoms with Crippen LogP contribution >= 0.6 is 27.5 Å². The molecule has 0 spiro atoms. The predicted octanol–water partition coefficient (Wildman–Crippen LogP) is 5.00. The van der Waals surface area contributed by atoms with Crippen molar-refractivity contribution in [3.05, 3.63) is 51.0 Å². The Labute approximate surface area is 136 Å². The van der Waals surface area contributed by atoms with E-state index in [2.05, 4.69) is 15.9 Å². The van der Waals surface area contributed by atoms with Crippen molar-refractivity contribution in [2.75, 3.05) is 14.2 Å². The van der Waals surface area contributed by atoms with Crippen molar-refractivity contribution in [1.82, 2.24) is 0 Å². The van der Waals surface area contributed by atoms with E-state index in [9.17, 15) is 5.11 Å². The van der Waals surface area contributed by atoms with E-state index in [4.69, 9.17) is 21.1 Å². The molecule has 0 bridgehead atoms. The van der Waals surface area contributed by atoms with Gasteiger partial charge in [0, 0.05) is 15.1 Å². The molecule has 1 N–H and O–H groups in total. The predicted molar refractivity (Wildman–Crippen MR) is 89.3 cm³/mol. The van der Waals surface area contributed by atoms with Crippen molar-refractivity contribution in [3.63, 3.8) is 0 Å². The van der Waals surface area contributed by atoms with E-state index in [1.807, 2.05) is 18.2 Å². The van der Waals surface area contributed by atoms with Crippen molar-refractivity contribution in [3.8, 4) is 17.2 Å². The average Bonchev–Trinajstić information content (AvgIpc) is 2.48. The minimum Gasteiger partial charge on any atom is -0.507 e. The number of hydrogen-bond donors (Lipinski definition) is 1. The molecule has 0 saturated carbocycles. The number of phenols is 1. The molecule has 0 saturated heterocycles. The Morgan fingerprint density at radius 3 is 2.29 bits per heavy atom. The van der Waals surface area contributed by atoms with Crippen molar-refractivity contribution < 1.29 is 14.6 Å². The molecule has 21 heavy (non-hydrogen) atoms. The first kappa shape index (κ1) is 15.7. The normalized spacial score (nSPS) is 10.9. The second kappa shape index (κ2) is 6.87. The highest BCUT2D eigenvalue weighted by Crippen LogP contribution is 2.34. The standard InChI is InChI=1S/C16H14BrClO3/c1-20-15-8-10(13(17)9-16(15)21-2)3-4-11-7-12(18)5-6-14(11)19/h3-9,19H,1-2H3. The number of phenolic OH excluding ortho intramolecular Hbond substituents is 1. The monoisotopic (exact) mass is 368 g/mol. The molecule has 0 aromatic heterocycles. The van der Waals surface area contributed by atoms with Crippen molar-refractivity contribution in [1.29, 1.82) is 0 Å². The van der Waals surface area contributed by atoms with Crippen LogP contribution in [0.3, 0.4) is 0 Å². The molecule has 2 rings (SSSR count). The van der Waals surface area contributed by atoms with E-state index >= 15 is 0 Å². The lowest BCUT2D eigenvalue weighted by molar-refractivity contribution is 0.354. The highest BCUT2D eigenvalue weighted by atomic mass is 79.9. The molecule has 5 heteroatoms. The van der Waals surface area contributed by atoms with Crippen molar-refractivity contribution >= 4 is 39.7 Å². The summed E-state index contributed by atoms with van der Waals surface area (Å²) in [4.78, 5) is 0. The van der Waals surface area contributed by atoms with Crippen LogP contribution in [0.25, 0.3) is 12.2 Å². The van der Waals surface area contributed by atoms with Gasteiger partial charge in [0.25, 0.3) is 0 Å². The Morgan fingerprint density at radius 1 is 1.00 bits per heavy atom. The molecule has 0 aliphatic carbocycles. The van der Waals surface area contributed by atoms with E-state index in [-0.39, 0.29) is 5.75 Å². The summed E-state index contributed by atoms with van der Waals surface area (Å²) >= 11 is 9.41. The summed E-state index contributed by atoms with van der Waals surface area (Å²) in [6.07, 6.45) is 3.64. The third kappa shape index (κ3) is 3.71. The summed E-state index contributed by atoms with van der Waals surface area (Å²) in [5.74, 6) is 1.45. The Morgan fingerprint density at radius 2 is 1.62 bits per heavy atom. The van der Waals surface area contributed by atoms with Crippen LogP contribution in [0, 0.1) is 0 Å². The molecule has 0 radical (unpaired) electrons. The molecule has 3 nitrogen and oxygen atoms in total. The summed E-state index contributed by atoms with van der Waals surface area (Å²) < 4.78 is 11.4. The lowest BCUT2D eigenvalue weighted by atomic mass is 10.1. The highest BCUT2D eigenvalue weighted by molar-refractivity contribution is 9.10. The van der Waals surface area contributed by atoms with Gasteiger partial charge in [-0.1, -0.05) is 39.7 Å². The quantitative estimate of drug-likeness (QED) is 0.771. The van der Waals surface area contributed by atoms with E-state index in [0.29, 0.717) is 22.1 Å². The molecule has 0 atom stereocenters. The summed E-state index contributed by atoms with van der Waals surface area (Å²) in [6.45, 7) is 0. The van der Waals surface area contributed by atoms with Crippen molar-refractivity contribution in [2.45, 2.75) is 0 Å². The lowest BCUT2D eigenvalue weighted by Crippen LogP contribution is -1.91. The van der Waals surface area contributed by atoms with Gasteiger partial charge in [0.1, 0.15) is 5.75 Å². The fourth-order valence-corrected chi connectivity index (χ4v) is 2.47. The van der Waals surface area contributed by atoms with Gasteiger partial charge >= 0.3 is 0 Å². The van der Waals surface area contributed by atoms with E-state index in [1.54, 1.807) is 38.5 Å². The first-order valence-electron chi connectivity index (χ1n) is 6.13. The number of benzene rings is 2. The van der Waals surface area contributed by atoms with Crippen LogP contribution in [0.1, 0.15) is 11.1 Å². The molecular weight excluding hydrogens is 356 g/mol. The van der Waals surface area contributed by atoms with Gasteiger partial charge in [-0.3, -0.25) is 0 Å². The largest absolute Gasteiger partial charge is 0.507 e. The first-order chi connectivity index (χ1) is 10.0. The van der Waals surface area contributed by atoms with Gasteiger partial charge in [0.15, 0.2) is 11.5 Å². The topological polar surface area (TPSA) is 38.7 Å². The fraction of sp³-hybridized carbons (Fsp3) is 0.125. The average molecular weight is 370 g/mol. The van der Waals surface area contributed by atoms with Gasteiger partial charge in [0.05, 0.1) is 14.2 Å². The van der Waals surface area contributed by atoms with E-state index < -0.39 is 0 Å². The number of ether oxygens (including phenoxy) is 2. The summed E-state index contributed by atoms with van der Waals surface area (Å²) in [5.41, 5.74) is 1.54. The number of hydrogen-bond acceptors (Lipinski definition) is 3. The Bertz CT molecular complexity index is 683. The maximum absolute atomic E-state index is 9.80. The number of methoxy groups -OCH3 is 2. The molecular formula is C16H14BrClO3. The van der Waals surface area contributed by atoms with E-state index in [0.717, 1.165) is 10.0 Å². The Balaban J connectivity index is 2.39. The number of rotatable bonds is 4. The van der Waals surface area contributed by atoms with Gasteiger partial charge in [-0.2, -0.15) is 0 Å². The van der Waals surface area contributed by atoms with Crippen LogP contribution in [0.2, 0.25) is 5.02 Å². The minimum absolute atomic E-state index is 0.173. The number of aromatic hydroxyl groups is 1. The summed E-state index contributed by atoms with van der Waals surface area (Å²) in [6, 6.07) is 8.58. The van der Waals surface area contributed by atoms with Gasteiger partial charge in [-0.05, 0) is 35.9 Å². The van der Waals surface area contributed by atoms with E-state index in [1.165, 1.54) is 0 Å². The minimum atomic E-state index is 0.173. The third-order valence-electron chi connectivity index (χ3n) is 2.93. The van der Waals surface area contributed by atoms with Crippen LogP contribution in [-0.4, -0.2) is 19.3 Å². The Kier molecular flexibility index (Phi) is 5.15. The molecule has 110 valence electrons. The molecule has 2 aromatic carbocycles. The van der Waals surface area contributed by atoms with Crippen LogP contribution < -0.4 is 9.47 Å². The van der Waals surface area contributed by atoms with Gasteiger partial charge < -0.3 is 14.6 Å². The highest BCUT2D eigenvalue weighted by Gasteiger charge is 2.08. The van der Waals surface area contributed by atoms with Gasteiger partial charge in [-0.25, -0.2) is 0 Å². The zero-order valence-corrected chi connectivity index (χ0v) is 13.9. The maximum atomic E-state index is 9.80. The van der Waals surface area contributed by atoms with Crippen LogP contribution in [0.5, 0.6) is 17.2 Å². The second-order valence-corrected chi connectivity index (χ2v) is 5.56. The smallest absolute Gasteiger partial charge is 0.161 e. The number of halogens is 2. The summed E-state index contributed by atoms with van der Waals surface area (Å²) in [7, 11) is 3.17. The molecule has 0 amide bonds. The van der Waals surface area contributed by atoms with Gasteiger partial charge in [-0.15, -0.1) is 0 Å². The molecule has 0 aliphatic rings. The fourth-order valence-electron chi connectivity index (χ4n) is 1.84. The first-order valence-corrected chi connectivity index (χ1v) is 7.30. The third-order valence-corrected chi connectivity index (χ3v) is 3.86. The van der Waals surface area contributed by atoms with Crippen LogP contribution in [0.15, 0.2) is 34.8 Å².